The molecular weight excluding hydrogens is 360 g/mol. The van der Waals surface area contributed by atoms with Gasteiger partial charge in [-0.1, -0.05) is 17.7 Å². The van der Waals surface area contributed by atoms with Gasteiger partial charge in [-0.3, -0.25) is 4.31 Å². The summed E-state index contributed by atoms with van der Waals surface area (Å²) in [4.78, 5) is -0.111. The van der Waals surface area contributed by atoms with Gasteiger partial charge in [0.1, 0.15) is 5.75 Å². The quantitative estimate of drug-likeness (QED) is 0.719. The van der Waals surface area contributed by atoms with Crippen molar-refractivity contribution in [3.63, 3.8) is 0 Å². The summed E-state index contributed by atoms with van der Waals surface area (Å²) in [6.45, 7) is 3.37. The molecule has 0 fully saturated rings. The summed E-state index contributed by atoms with van der Waals surface area (Å²) in [5, 5.41) is 0.113. The van der Waals surface area contributed by atoms with Gasteiger partial charge in [-0.15, -0.1) is 6.58 Å². The maximum Gasteiger partial charge on any atom is 0.264 e. The second-order valence-electron chi connectivity index (χ2n) is 4.72. The molecule has 0 saturated carbocycles. The molecule has 0 aromatic heterocycles. The number of methoxy groups -OCH3 is 1. The molecule has 128 valence electrons. The molecule has 2 aromatic rings. The van der Waals surface area contributed by atoms with Crippen LogP contribution in [0.4, 0.5) is 14.5 Å². The van der Waals surface area contributed by atoms with Gasteiger partial charge in [0.25, 0.3) is 10.0 Å². The Balaban J connectivity index is 2.54. The van der Waals surface area contributed by atoms with E-state index in [1.165, 1.54) is 37.5 Å². The van der Waals surface area contributed by atoms with Gasteiger partial charge in [0.05, 0.1) is 29.3 Å². The van der Waals surface area contributed by atoms with Gasteiger partial charge in [-0.25, -0.2) is 17.2 Å². The number of benzene rings is 2. The molecule has 0 unspecified atom stereocenters. The Kier molecular flexibility index (Phi) is 5.46. The van der Waals surface area contributed by atoms with Crippen LogP contribution < -0.4 is 9.04 Å². The number of hydrogen-bond acceptors (Lipinski definition) is 3. The normalized spacial score (nSPS) is 11.2. The highest BCUT2D eigenvalue weighted by molar-refractivity contribution is 7.92. The molecule has 0 atom stereocenters. The van der Waals surface area contributed by atoms with Gasteiger partial charge in [0.15, 0.2) is 11.6 Å². The van der Waals surface area contributed by atoms with E-state index in [1.807, 2.05) is 0 Å². The molecule has 8 heteroatoms. The van der Waals surface area contributed by atoms with E-state index in [0.717, 1.165) is 16.4 Å². The highest BCUT2D eigenvalue weighted by atomic mass is 35.5. The molecule has 0 N–H and O–H groups in total. The highest BCUT2D eigenvalue weighted by Gasteiger charge is 2.25. The molecule has 4 nitrogen and oxygen atoms in total. The first-order chi connectivity index (χ1) is 11.3. The zero-order chi connectivity index (χ0) is 17.9. The van der Waals surface area contributed by atoms with Gasteiger partial charge in [-0.05, 0) is 30.3 Å². The lowest BCUT2D eigenvalue weighted by Gasteiger charge is -2.23. The summed E-state index contributed by atoms with van der Waals surface area (Å²) in [6.07, 6.45) is 1.34. The van der Waals surface area contributed by atoms with Crippen molar-refractivity contribution in [2.24, 2.45) is 0 Å². The van der Waals surface area contributed by atoms with Crippen LogP contribution in [-0.2, 0) is 10.0 Å². The maximum absolute atomic E-state index is 13.5. The average Bonchev–Trinajstić information content (AvgIpc) is 2.55. The van der Waals surface area contributed by atoms with Crippen molar-refractivity contribution >= 4 is 27.3 Å². The van der Waals surface area contributed by atoms with Crippen LogP contribution in [0.1, 0.15) is 0 Å². The number of anilines is 1. The number of hydrogen-bond donors (Lipinski definition) is 0. The number of rotatable bonds is 6. The van der Waals surface area contributed by atoms with Gasteiger partial charge < -0.3 is 4.74 Å². The lowest BCUT2D eigenvalue weighted by molar-refractivity contribution is 0.414. The predicted molar refractivity (Wildman–Crippen MR) is 89.1 cm³/mol. The number of sulfonamides is 1. The fourth-order valence-corrected chi connectivity index (χ4v) is 3.81. The topological polar surface area (TPSA) is 46.6 Å². The summed E-state index contributed by atoms with van der Waals surface area (Å²) in [5.74, 6) is -1.90. The Morgan fingerprint density at radius 3 is 2.46 bits per heavy atom. The fourth-order valence-electron chi connectivity index (χ4n) is 2.03. The molecule has 0 amide bonds. The van der Waals surface area contributed by atoms with Crippen molar-refractivity contribution in [2.45, 2.75) is 4.90 Å². The summed E-state index contributed by atoms with van der Waals surface area (Å²) in [6, 6.07) is 6.79. The lowest BCUT2D eigenvalue weighted by atomic mass is 10.3. The number of nitrogens with zero attached hydrogens (tertiary/aromatic N) is 1. The standard InChI is InChI=1S/C16H14ClF2NO3S/c1-3-8-20(11-4-6-14(18)15(19)9-11)24(21,22)12-5-7-16(23-2)13(17)10-12/h3-7,9-10H,1,8H2,2H3. The highest BCUT2D eigenvalue weighted by Crippen LogP contribution is 2.30. The van der Waals surface area contributed by atoms with Gasteiger partial charge in [0, 0.05) is 6.07 Å². The maximum atomic E-state index is 13.5. The zero-order valence-electron chi connectivity index (χ0n) is 12.7. The minimum atomic E-state index is -4.06. The van der Waals surface area contributed by atoms with E-state index in [-0.39, 0.29) is 22.2 Å². The SMILES string of the molecule is C=CCN(c1ccc(F)c(F)c1)S(=O)(=O)c1ccc(OC)c(Cl)c1. The molecule has 24 heavy (non-hydrogen) atoms. The van der Waals surface area contributed by atoms with Gasteiger partial charge >= 0.3 is 0 Å². The van der Waals surface area contributed by atoms with Crippen molar-refractivity contribution in [3.8, 4) is 5.75 Å². The summed E-state index contributed by atoms with van der Waals surface area (Å²) in [5.41, 5.74) is -0.0271. The minimum Gasteiger partial charge on any atom is -0.495 e. The van der Waals surface area contributed by atoms with Crippen molar-refractivity contribution < 1.29 is 21.9 Å². The van der Waals surface area contributed by atoms with Crippen molar-refractivity contribution in [1.82, 2.24) is 0 Å². The Hall–Kier alpha value is -2.12. The Labute approximate surface area is 144 Å². The van der Waals surface area contributed by atoms with Crippen molar-refractivity contribution in [2.75, 3.05) is 18.0 Å². The number of ether oxygens (including phenoxy) is 1. The fraction of sp³-hybridized carbons (Fsp3) is 0.125. The van der Waals surface area contributed by atoms with Crippen LogP contribution in [0.3, 0.4) is 0 Å². The summed E-state index contributed by atoms with van der Waals surface area (Å²) in [7, 11) is -2.66. The molecule has 0 aliphatic carbocycles. The molecule has 0 aliphatic heterocycles. The molecule has 0 radical (unpaired) electrons. The first-order valence-corrected chi connectivity index (χ1v) is 8.55. The Bertz CT molecular complexity index is 872. The van der Waals surface area contributed by atoms with Crippen LogP contribution in [0.5, 0.6) is 5.75 Å². The third kappa shape index (κ3) is 3.52. The van der Waals surface area contributed by atoms with Crippen LogP contribution in [0, 0.1) is 11.6 Å². The Morgan fingerprint density at radius 2 is 1.92 bits per heavy atom. The van der Waals surface area contributed by atoms with Crippen LogP contribution in [0.25, 0.3) is 0 Å². The van der Waals surface area contributed by atoms with E-state index in [9.17, 15) is 17.2 Å². The van der Waals surface area contributed by atoms with Crippen LogP contribution in [0.2, 0.25) is 5.02 Å². The number of halogens is 3. The largest absolute Gasteiger partial charge is 0.495 e. The monoisotopic (exact) mass is 373 g/mol. The molecule has 0 bridgehead atoms. The summed E-state index contributed by atoms with van der Waals surface area (Å²) < 4.78 is 58.1. The lowest BCUT2D eigenvalue weighted by Crippen LogP contribution is -2.31. The second-order valence-corrected chi connectivity index (χ2v) is 6.99. The van der Waals surface area contributed by atoms with Crippen molar-refractivity contribution in [3.05, 3.63) is 65.7 Å². The van der Waals surface area contributed by atoms with Crippen LogP contribution >= 0.6 is 11.6 Å². The molecular formula is C16H14ClF2NO3S. The third-order valence-electron chi connectivity index (χ3n) is 3.20. The van der Waals surface area contributed by atoms with Gasteiger partial charge in [0.2, 0.25) is 0 Å². The van der Waals surface area contributed by atoms with Crippen molar-refractivity contribution in [1.29, 1.82) is 0 Å². The van der Waals surface area contributed by atoms with E-state index >= 15 is 0 Å². The van der Waals surface area contributed by atoms with E-state index < -0.39 is 21.7 Å². The molecule has 2 rings (SSSR count). The molecule has 0 heterocycles. The Morgan fingerprint density at radius 1 is 1.21 bits per heavy atom. The molecule has 2 aromatic carbocycles. The summed E-state index contributed by atoms with van der Waals surface area (Å²) >= 11 is 5.97. The predicted octanol–water partition coefficient (Wildman–Crippen LogP) is 4.01. The average molecular weight is 374 g/mol. The first kappa shape index (κ1) is 18.2. The van der Waals surface area contributed by atoms with Gasteiger partial charge in [-0.2, -0.15) is 0 Å². The van der Waals surface area contributed by atoms with Crippen LogP contribution in [-0.4, -0.2) is 22.1 Å². The van der Waals surface area contributed by atoms with E-state index in [1.54, 1.807) is 0 Å². The molecule has 0 spiro atoms. The molecule has 0 aliphatic rings. The van der Waals surface area contributed by atoms with E-state index in [2.05, 4.69) is 6.58 Å². The second kappa shape index (κ2) is 7.19. The van der Waals surface area contributed by atoms with Crippen LogP contribution in [0.15, 0.2) is 53.9 Å². The minimum absolute atomic E-state index is 0.0271. The third-order valence-corrected chi connectivity index (χ3v) is 5.28. The van der Waals surface area contributed by atoms with E-state index in [4.69, 9.17) is 16.3 Å². The zero-order valence-corrected chi connectivity index (χ0v) is 14.2. The molecule has 0 saturated heterocycles. The smallest absolute Gasteiger partial charge is 0.264 e. The first-order valence-electron chi connectivity index (χ1n) is 6.73. The van der Waals surface area contributed by atoms with E-state index in [0.29, 0.717) is 5.75 Å².